The van der Waals surface area contributed by atoms with Gasteiger partial charge in [-0.25, -0.2) is 0 Å². The van der Waals surface area contributed by atoms with Gasteiger partial charge in [0.1, 0.15) is 0 Å². The van der Waals surface area contributed by atoms with Crippen molar-refractivity contribution < 1.29 is 0 Å². The summed E-state index contributed by atoms with van der Waals surface area (Å²) >= 11 is 12.9. The minimum absolute atomic E-state index is 0.0376. The van der Waals surface area contributed by atoms with Gasteiger partial charge in [-0.15, -0.1) is 11.6 Å². The number of alkyl halides is 1. The van der Waals surface area contributed by atoms with Gasteiger partial charge in [0.25, 0.3) is 0 Å². The van der Waals surface area contributed by atoms with E-state index < -0.39 is 0 Å². The van der Waals surface area contributed by atoms with Crippen LogP contribution in [0.25, 0.3) is 5.57 Å². The number of rotatable bonds is 1. The molecule has 2 bridgehead atoms. The molecule has 0 radical (unpaired) electrons. The Kier molecular flexibility index (Phi) is 2.73. The van der Waals surface area contributed by atoms with Crippen molar-refractivity contribution in [3.05, 3.63) is 40.9 Å². The van der Waals surface area contributed by atoms with Crippen molar-refractivity contribution in [1.29, 1.82) is 0 Å². The summed E-state index contributed by atoms with van der Waals surface area (Å²) in [7, 11) is 0. The Hall–Kier alpha value is -0.460. The Labute approximate surface area is 106 Å². The van der Waals surface area contributed by atoms with Crippen molar-refractivity contribution in [2.75, 3.05) is 0 Å². The zero-order chi connectivity index (χ0) is 11.1. The molecule has 0 heterocycles. The quantitative estimate of drug-likeness (QED) is 0.638. The summed E-state index contributed by atoms with van der Waals surface area (Å²) in [5.41, 5.74) is 2.56. The average molecular weight is 253 g/mol. The number of fused-ring (bicyclic) bond motifs is 2. The molecular weight excluding hydrogens is 239 g/mol. The van der Waals surface area contributed by atoms with E-state index in [0.717, 1.165) is 5.03 Å². The molecule has 1 fully saturated rings. The summed E-state index contributed by atoms with van der Waals surface area (Å²) in [6.07, 6.45) is 3.69. The van der Waals surface area contributed by atoms with Gasteiger partial charge >= 0.3 is 0 Å². The molecule has 84 valence electrons. The van der Waals surface area contributed by atoms with Crippen LogP contribution in [0.4, 0.5) is 0 Å². The van der Waals surface area contributed by atoms with Gasteiger partial charge in [0.15, 0.2) is 0 Å². The maximum atomic E-state index is 6.45. The van der Waals surface area contributed by atoms with Crippen molar-refractivity contribution in [3.63, 3.8) is 0 Å². The summed E-state index contributed by atoms with van der Waals surface area (Å²) in [5, 5.41) is 0.933. The first-order valence-electron chi connectivity index (χ1n) is 5.86. The molecule has 1 saturated carbocycles. The monoisotopic (exact) mass is 252 g/mol. The van der Waals surface area contributed by atoms with Gasteiger partial charge in [-0.2, -0.15) is 0 Å². The van der Waals surface area contributed by atoms with Crippen molar-refractivity contribution in [1.82, 2.24) is 0 Å². The van der Waals surface area contributed by atoms with E-state index in [1.54, 1.807) is 0 Å². The van der Waals surface area contributed by atoms with Crippen LogP contribution in [0.2, 0.25) is 0 Å². The molecule has 2 aliphatic rings. The van der Waals surface area contributed by atoms with E-state index >= 15 is 0 Å². The smallest absolute Gasteiger partial charge is 0.0723 e. The minimum Gasteiger partial charge on any atom is -0.117 e. The molecule has 0 N–H and O–H groups in total. The lowest BCUT2D eigenvalue weighted by Gasteiger charge is -2.27. The fourth-order valence-electron chi connectivity index (χ4n) is 3.09. The molecule has 16 heavy (non-hydrogen) atoms. The van der Waals surface area contributed by atoms with Gasteiger partial charge in [-0.3, -0.25) is 0 Å². The highest BCUT2D eigenvalue weighted by atomic mass is 35.5. The molecule has 2 heteroatoms. The summed E-state index contributed by atoms with van der Waals surface area (Å²) in [5.74, 6) is 1.24. The highest BCUT2D eigenvalue weighted by Gasteiger charge is 2.40. The van der Waals surface area contributed by atoms with Gasteiger partial charge in [-0.05, 0) is 42.2 Å². The Morgan fingerprint density at radius 2 is 1.81 bits per heavy atom. The van der Waals surface area contributed by atoms with E-state index in [2.05, 4.69) is 24.3 Å². The van der Waals surface area contributed by atoms with Gasteiger partial charge in [-0.1, -0.05) is 41.9 Å². The number of hydrogen-bond donors (Lipinski definition) is 0. The number of benzene rings is 1. The molecule has 3 atom stereocenters. The van der Waals surface area contributed by atoms with Crippen LogP contribution in [0.3, 0.4) is 0 Å². The Morgan fingerprint density at radius 3 is 2.56 bits per heavy atom. The highest BCUT2D eigenvalue weighted by molar-refractivity contribution is 6.40. The lowest BCUT2D eigenvalue weighted by atomic mass is 9.84. The number of halogens is 2. The molecule has 0 aliphatic heterocycles. The summed E-state index contributed by atoms with van der Waals surface area (Å²) in [4.78, 5) is 0. The fraction of sp³-hybridized carbons (Fsp3) is 0.429. The van der Waals surface area contributed by atoms with Crippen LogP contribution in [0.1, 0.15) is 24.8 Å². The first kappa shape index (κ1) is 10.7. The SMILES string of the molecule is ClC1=C(c2ccccc2)C2CCC(C2)C1Cl. The predicted octanol–water partition coefficient (Wildman–Crippen LogP) is 4.67. The van der Waals surface area contributed by atoms with Crippen LogP contribution in [-0.2, 0) is 0 Å². The molecule has 1 aromatic rings. The van der Waals surface area contributed by atoms with Crippen LogP contribution >= 0.6 is 23.2 Å². The van der Waals surface area contributed by atoms with Crippen LogP contribution in [0.5, 0.6) is 0 Å². The maximum absolute atomic E-state index is 6.45. The normalized spacial score (nSPS) is 33.2. The van der Waals surface area contributed by atoms with Gasteiger partial charge < -0.3 is 0 Å². The Balaban J connectivity index is 2.08. The molecule has 2 aliphatic carbocycles. The van der Waals surface area contributed by atoms with Crippen molar-refractivity contribution >= 4 is 28.8 Å². The third-order valence-electron chi connectivity index (χ3n) is 3.88. The molecule has 0 aromatic heterocycles. The largest absolute Gasteiger partial charge is 0.117 e. The second-order valence-corrected chi connectivity index (χ2v) is 5.68. The standard InChI is InChI=1S/C14H14Cl2/c15-13-11-7-6-10(8-11)12(14(13)16)9-4-2-1-3-5-9/h1-5,10-11,13H,6-8H2. The predicted molar refractivity (Wildman–Crippen MR) is 69.7 cm³/mol. The van der Waals surface area contributed by atoms with E-state index in [-0.39, 0.29) is 5.38 Å². The summed E-state index contributed by atoms with van der Waals surface area (Å²) in [6, 6.07) is 10.4. The minimum atomic E-state index is 0.0376. The zero-order valence-corrected chi connectivity index (χ0v) is 10.5. The van der Waals surface area contributed by atoms with E-state index in [0.29, 0.717) is 11.8 Å². The first-order chi connectivity index (χ1) is 7.77. The van der Waals surface area contributed by atoms with Crippen LogP contribution in [-0.4, -0.2) is 5.38 Å². The molecular formula is C14H14Cl2. The van der Waals surface area contributed by atoms with Gasteiger partial charge in [0.2, 0.25) is 0 Å². The molecule has 3 rings (SSSR count). The fourth-order valence-corrected chi connectivity index (χ4v) is 3.87. The summed E-state index contributed by atoms with van der Waals surface area (Å²) in [6.45, 7) is 0. The zero-order valence-electron chi connectivity index (χ0n) is 9.00. The molecule has 3 unspecified atom stereocenters. The van der Waals surface area contributed by atoms with Crippen LogP contribution < -0.4 is 0 Å². The Morgan fingerprint density at radius 1 is 1.06 bits per heavy atom. The number of hydrogen-bond acceptors (Lipinski definition) is 0. The molecule has 0 spiro atoms. The summed E-state index contributed by atoms with van der Waals surface area (Å²) < 4.78 is 0. The van der Waals surface area contributed by atoms with E-state index in [9.17, 15) is 0 Å². The van der Waals surface area contributed by atoms with Crippen molar-refractivity contribution in [3.8, 4) is 0 Å². The Bertz CT molecular complexity index is 422. The van der Waals surface area contributed by atoms with Gasteiger partial charge in [0, 0.05) is 5.03 Å². The maximum Gasteiger partial charge on any atom is 0.0723 e. The number of allylic oxidation sites excluding steroid dienone is 2. The van der Waals surface area contributed by atoms with Crippen molar-refractivity contribution in [2.45, 2.75) is 24.6 Å². The van der Waals surface area contributed by atoms with Crippen LogP contribution in [0, 0.1) is 11.8 Å². The van der Waals surface area contributed by atoms with Crippen LogP contribution in [0.15, 0.2) is 35.4 Å². The molecule has 1 aromatic carbocycles. The highest BCUT2D eigenvalue weighted by Crippen LogP contribution is 2.51. The topological polar surface area (TPSA) is 0 Å². The van der Waals surface area contributed by atoms with Crippen molar-refractivity contribution in [2.24, 2.45) is 11.8 Å². The molecule has 0 saturated heterocycles. The average Bonchev–Trinajstić information content (AvgIpc) is 2.74. The second-order valence-electron chi connectivity index (χ2n) is 4.80. The second kappa shape index (κ2) is 4.09. The third kappa shape index (κ3) is 1.59. The first-order valence-corrected chi connectivity index (χ1v) is 6.68. The third-order valence-corrected chi connectivity index (χ3v) is 5.00. The lowest BCUT2D eigenvalue weighted by molar-refractivity contribution is 0.528. The molecule has 0 amide bonds. The van der Waals surface area contributed by atoms with E-state index in [1.807, 2.05) is 6.07 Å². The van der Waals surface area contributed by atoms with E-state index in [1.165, 1.54) is 30.4 Å². The molecule has 0 nitrogen and oxygen atoms in total. The lowest BCUT2D eigenvalue weighted by Crippen LogP contribution is -2.19. The van der Waals surface area contributed by atoms with E-state index in [4.69, 9.17) is 23.2 Å². The van der Waals surface area contributed by atoms with Gasteiger partial charge in [0.05, 0.1) is 5.38 Å².